The SMILES string of the molecule is CC[C@H]1O[C@@H](n2cnc3c(N)nc(Cl)nc32)C(F)[C@H]1O.P.P.P. The van der Waals surface area contributed by atoms with Crippen LogP contribution in [0.4, 0.5) is 10.2 Å². The summed E-state index contributed by atoms with van der Waals surface area (Å²) >= 11 is 5.75. The monoisotopic (exact) mass is 403 g/mol. The number of nitrogens with zero attached hydrogens (tertiary/aromatic N) is 4. The minimum atomic E-state index is -1.58. The molecule has 132 valence electrons. The number of nitrogen functional groups attached to an aromatic ring is 1. The van der Waals surface area contributed by atoms with E-state index in [9.17, 15) is 9.50 Å². The molecule has 0 aromatic carbocycles. The number of anilines is 1. The minimum absolute atomic E-state index is 0. The second-order valence-corrected chi connectivity index (χ2v) is 4.95. The Bertz CT molecular complexity index is 664. The zero-order valence-corrected chi connectivity index (χ0v) is 17.7. The maximum atomic E-state index is 14.2. The highest BCUT2D eigenvalue weighted by atomic mass is 35.5. The molecule has 0 amide bonds. The fourth-order valence-electron chi connectivity index (χ4n) is 2.36. The average Bonchev–Trinajstić information content (AvgIpc) is 2.93. The minimum Gasteiger partial charge on any atom is -0.387 e. The Morgan fingerprint density at radius 3 is 2.61 bits per heavy atom. The molecule has 0 aliphatic carbocycles. The van der Waals surface area contributed by atoms with Gasteiger partial charge in [-0.2, -0.15) is 39.7 Å². The van der Waals surface area contributed by atoms with Crippen molar-refractivity contribution in [1.29, 1.82) is 0 Å². The summed E-state index contributed by atoms with van der Waals surface area (Å²) in [7, 11) is 0. The van der Waals surface area contributed by atoms with Gasteiger partial charge in [0.2, 0.25) is 5.28 Å². The van der Waals surface area contributed by atoms with Crippen molar-refractivity contribution in [3.63, 3.8) is 0 Å². The second kappa shape index (κ2) is 8.75. The highest BCUT2D eigenvalue weighted by Crippen LogP contribution is 2.35. The molecule has 2 aromatic heterocycles. The lowest BCUT2D eigenvalue weighted by Gasteiger charge is -2.15. The largest absolute Gasteiger partial charge is 0.387 e. The number of fused-ring (bicyclic) bond motifs is 1. The van der Waals surface area contributed by atoms with E-state index in [0.717, 1.165) is 0 Å². The zero-order chi connectivity index (χ0) is 14.4. The van der Waals surface area contributed by atoms with E-state index in [0.29, 0.717) is 11.9 Å². The number of aliphatic hydroxyl groups is 1. The normalized spacial score (nSPS) is 26.3. The molecule has 0 bridgehead atoms. The van der Waals surface area contributed by atoms with Crippen LogP contribution in [0.2, 0.25) is 5.28 Å². The lowest BCUT2D eigenvalue weighted by molar-refractivity contribution is -0.0238. The molecule has 1 aliphatic heterocycles. The first kappa shape index (κ1) is 22.8. The lowest BCUT2D eigenvalue weighted by Crippen LogP contribution is -2.27. The predicted octanol–water partition coefficient (Wildman–Crippen LogP) is 1.24. The van der Waals surface area contributed by atoms with Gasteiger partial charge in [-0.15, -0.1) is 0 Å². The van der Waals surface area contributed by atoms with Gasteiger partial charge in [-0.05, 0) is 18.0 Å². The van der Waals surface area contributed by atoms with Crippen molar-refractivity contribution in [1.82, 2.24) is 19.5 Å². The van der Waals surface area contributed by atoms with Gasteiger partial charge in [0, 0.05) is 0 Å². The van der Waals surface area contributed by atoms with Crippen molar-refractivity contribution < 1.29 is 14.2 Å². The van der Waals surface area contributed by atoms with Gasteiger partial charge in [0.1, 0.15) is 11.6 Å². The van der Waals surface area contributed by atoms with Gasteiger partial charge in [-0.25, -0.2) is 9.37 Å². The van der Waals surface area contributed by atoms with E-state index in [-0.39, 0.29) is 46.4 Å². The number of imidazole rings is 1. The molecule has 2 aromatic rings. The average molecular weight is 404 g/mol. The van der Waals surface area contributed by atoms with E-state index in [1.54, 1.807) is 0 Å². The molecule has 1 aliphatic rings. The molecule has 3 rings (SSSR count). The maximum absolute atomic E-state index is 14.2. The number of alkyl halides is 1. The molecule has 1 saturated heterocycles. The van der Waals surface area contributed by atoms with E-state index in [4.69, 9.17) is 22.1 Å². The number of hydrogen-bond acceptors (Lipinski definition) is 6. The van der Waals surface area contributed by atoms with Crippen LogP contribution in [0.5, 0.6) is 0 Å². The number of aromatic nitrogens is 4. The molecular formula is C11H22ClFN5O2P3. The van der Waals surface area contributed by atoms with Crippen LogP contribution in [0.3, 0.4) is 0 Å². The van der Waals surface area contributed by atoms with Crippen LogP contribution in [0.1, 0.15) is 19.6 Å². The first-order chi connectivity index (χ1) is 9.52. The summed E-state index contributed by atoms with van der Waals surface area (Å²) in [4.78, 5) is 11.8. The van der Waals surface area contributed by atoms with E-state index in [1.165, 1.54) is 10.9 Å². The van der Waals surface area contributed by atoms with Crippen molar-refractivity contribution in [3.8, 4) is 0 Å². The molecule has 1 fully saturated rings. The predicted molar refractivity (Wildman–Crippen MR) is 103 cm³/mol. The molecule has 3 N–H and O–H groups in total. The van der Waals surface area contributed by atoms with Crippen molar-refractivity contribution in [2.24, 2.45) is 0 Å². The Morgan fingerprint density at radius 2 is 2.04 bits per heavy atom. The fourth-order valence-corrected chi connectivity index (χ4v) is 2.53. The van der Waals surface area contributed by atoms with Crippen molar-refractivity contribution in [2.45, 2.75) is 38.0 Å². The number of halogens is 2. The third-order valence-corrected chi connectivity index (χ3v) is 3.56. The van der Waals surface area contributed by atoms with E-state index in [2.05, 4.69) is 15.0 Å². The topological polar surface area (TPSA) is 99.1 Å². The second-order valence-electron chi connectivity index (χ2n) is 4.61. The number of rotatable bonds is 2. The molecule has 0 saturated carbocycles. The summed E-state index contributed by atoms with van der Waals surface area (Å²) in [6.07, 6.45) is -2.48. The van der Waals surface area contributed by atoms with Gasteiger partial charge in [-0.3, -0.25) is 4.57 Å². The van der Waals surface area contributed by atoms with E-state index in [1.807, 2.05) is 6.92 Å². The van der Waals surface area contributed by atoms with E-state index < -0.39 is 24.6 Å². The van der Waals surface area contributed by atoms with Crippen LogP contribution < -0.4 is 5.73 Å². The first-order valence-corrected chi connectivity index (χ1v) is 6.54. The standard InChI is InChI=1S/C11H13ClFN5O2.3H3P/c1-2-4-7(19)5(13)10(20-4)18-3-15-6-8(14)16-11(12)17-9(6)18;;;/h3-5,7,10,19H,2H2,1H3,(H2,14,16,17);3*1H3/t4-,5?,7+,10-;;;/m1.../s1. The van der Waals surface area contributed by atoms with Gasteiger partial charge in [-0.1, -0.05) is 6.92 Å². The van der Waals surface area contributed by atoms with Crippen molar-refractivity contribution >= 4 is 58.3 Å². The Labute approximate surface area is 147 Å². The van der Waals surface area contributed by atoms with Gasteiger partial charge < -0.3 is 15.6 Å². The molecular weight excluding hydrogens is 382 g/mol. The summed E-state index contributed by atoms with van der Waals surface area (Å²) < 4.78 is 21.1. The Morgan fingerprint density at radius 1 is 1.39 bits per heavy atom. The molecule has 4 unspecified atom stereocenters. The number of ether oxygens (including phenoxy) is 1. The summed E-state index contributed by atoms with van der Waals surface area (Å²) in [5, 5.41) is 9.73. The highest BCUT2D eigenvalue weighted by molar-refractivity contribution is 6.92. The zero-order valence-electron chi connectivity index (χ0n) is 12.7. The van der Waals surface area contributed by atoms with E-state index >= 15 is 0 Å². The molecule has 0 radical (unpaired) electrons. The third-order valence-electron chi connectivity index (χ3n) is 3.39. The summed E-state index contributed by atoms with van der Waals surface area (Å²) in [6, 6.07) is 0. The molecule has 23 heavy (non-hydrogen) atoms. The van der Waals surface area contributed by atoms with Gasteiger partial charge >= 0.3 is 0 Å². The lowest BCUT2D eigenvalue weighted by atomic mass is 10.1. The Hall–Kier alpha value is -0.220. The number of hydrogen-bond donors (Lipinski definition) is 2. The molecule has 3 heterocycles. The van der Waals surface area contributed by atoms with Crippen LogP contribution in [0.25, 0.3) is 11.2 Å². The van der Waals surface area contributed by atoms with Crippen LogP contribution in [0, 0.1) is 0 Å². The Kier molecular flexibility index (Phi) is 8.67. The van der Waals surface area contributed by atoms with Gasteiger partial charge in [0.15, 0.2) is 23.9 Å². The van der Waals surface area contributed by atoms with Gasteiger partial charge in [0.25, 0.3) is 0 Å². The highest BCUT2D eigenvalue weighted by Gasteiger charge is 2.44. The summed E-state index contributed by atoms with van der Waals surface area (Å²) in [5.41, 5.74) is 6.29. The maximum Gasteiger partial charge on any atom is 0.226 e. The number of aliphatic hydroxyl groups excluding tert-OH is 1. The Balaban J connectivity index is 0.00000161. The van der Waals surface area contributed by atoms with Crippen LogP contribution >= 0.6 is 41.3 Å². The van der Waals surface area contributed by atoms with Crippen LogP contribution in [-0.2, 0) is 4.74 Å². The molecule has 7 nitrogen and oxygen atoms in total. The smallest absolute Gasteiger partial charge is 0.226 e. The fraction of sp³-hybridized carbons (Fsp3) is 0.545. The van der Waals surface area contributed by atoms with Crippen molar-refractivity contribution in [3.05, 3.63) is 11.6 Å². The third kappa shape index (κ3) is 3.89. The molecule has 0 spiro atoms. The summed E-state index contributed by atoms with van der Waals surface area (Å²) in [5.74, 6) is 0.111. The first-order valence-electron chi connectivity index (χ1n) is 6.16. The molecule has 12 heteroatoms. The van der Waals surface area contributed by atoms with Crippen LogP contribution in [-0.4, -0.2) is 43.0 Å². The summed E-state index contributed by atoms with van der Waals surface area (Å²) in [6.45, 7) is 1.81. The number of nitrogens with two attached hydrogens (primary N) is 1. The van der Waals surface area contributed by atoms with Crippen LogP contribution in [0.15, 0.2) is 6.33 Å². The van der Waals surface area contributed by atoms with Crippen molar-refractivity contribution in [2.75, 3.05) is 5.73 Å². The molecule has 7 atom stereocenters. The quantitative estimate of drug-likeness (QED) is 0.578. The van der Waals surface area contributed by atoms with Gasteiger partial charge in [0.05, 0.1) is 12.4 Å².